The highest BCUT2D eigenvalue weighted by Gasteiger charge is 2.27. The van der Waals surface area contributed by atoms with Crippen molar-refractivity contribution < 1.29 is 9.18 Å². The molecule has 0 N–H and O–H groups in total. The van der Waals surface area contributed by atoms with E-state index in [0.717, 1.165) is 13.1 Å². The first-order valence-corrected chi connectivity index (χ1v) is 9.55. The third kappa shape index (κ3) is 3.59. The van der Waals surface area contributed by atoms with Gasteiger partial charge in [-0.1, -0.05) is 18.2 Å². The minimum Gasteiger partial charge on any atom is -0.368 e. The summed E-state index contributed by atoms with van der Waals surface area (Å²) < 4.78 is 14.9. The largest absolute Gasteiger partial charge is 0.368 e. The molecule has 3 aromatic rings. The normalized spacial score (nSPS) is 14.0. The number of hydrogen-bond acceptors (Lipinski definition) is 3. The van der Waals surface area contributed by atoms with Crippen LogP contribution in [0, 0.1) is 24.1 Å². The van der Waals surface area contributed by atoms with Crippen LogP contribution in [0.3, 0.4) is 0 Å². The van der Waals surface area contributed by atoms with Gasteiger partial charge in [0.2, 0.25) is 0 Å². The lowest BCUT2D eigenvalue weighted by Crippen LogP contribution is -2.49. The molecule has 0 aliphatic carbocycles. The lowest BCUT2D eigenvalue weighted by Gasteiger charge is -2.37. The molecule has 2 aromatic carbocycles. The number of carbonyl (C=O) groups excluding carboxylic acids is 1. The number of hydrogen-bond donors (Lipinski definition) is 0. The van der Waals surface area contributed by atoms with Gasteiger partial charge < -0.3 is 14.4 Å². The number of halogens is 1. The van der Waals surface area contributed by atoms with Crippen molar-refractivity contribution in [3.8, 4) is 11.8 Å². The quantitative estimate of drug-likeness (QED) is 0.687. The van der Waals surface area contributed by atoms with Gasteiger partial charge in [-0.2, -0.15) is 5.26 Å². The minimum atomic E-state index is -0.346. The summed E-state index contributed by atoms with van der Waals surface area (Å²) in [5.41, 5.74) is 3.69. The highest BCUT2D eigenvalue weighted by molar-refractivity contribution is 5.96. The van der Waals surface area contributed by atoms with Crippen molar-refractivity contribution in [2.75, 3.05) is 31.1 Å². The fraction of sp³-hybridized carbons (Fsp3) is 0.217. The standard InChI is InChI=1S/C23H21FN4O/c1-17-4-2-3-5-21(17)26-12-14-27(15-13-26)23(29)22-18(16-25)10-11-28(22)20-8-6-19(24)7-9-20/h2-11H,12-15H2,1H3. The molecule has 1 saturated heterocycles. The van der Waals surface area contributed by atoms with Crippen LogP contribution in [-0.4, -0.2) is 41.6 Å². The summed E-state index contributed by atoms with van der Waals surface area (Å²) in [6.07, 6.45) is 1.68. The Labute approximate surface area is 169 Å². The van der Waals surface area contributed by atoms with Gasteiger partial charge in [-0.3, -0.25) is 4.79 Å². The third-order valence-electron chi connectivity index (χ3n) is 5.34. The number of para-hydroxylation sites is 1. The molecule has 5 nitrogen and oxygen atoms in total. The molecule has 146 valence electrons. The Kier molecular flexibility index (Phi) is 5.05. The van der Waals surface area contributed by atoms with Crippen LogP contribution in [0.5, 0.6) is 0 Å². The number of amides is 1. The van der Waals surface area contributed by atoms with Crippen LogP contribution in [0.25, 0.3) is 5.69 Å². The van der Waals surface area contributed by atoms with Crippen molar-refractivity contribution in [2.24, 2.45) is 0 Å². The van der Waals surface area contributed by atoms with E-state index in [1.807, 2.05) is 12.1 Å². The van der Waals surface area contributed by atoms with Crippen molar-refractivity contribution in [1.29, 1.82) is 5.26 Å². The second-order valence-electron chi connectivity index (χ2n) is 7.10. The highest BCUT2D eigenvalue weighted by atomic mass is 19.1. The van der Waals surface area contributed by atoms with E-state index < -0.39 is 0 Å². The van der Waals surface area contributed by atoms with Gasteiger partial charge in [0.25, 0.3) is 5.91 Å². The highest BCUT2D eigenvalue weighted by Crippen LogP contribution is 2.23. The molecular weight excluding hydrogens is 367 g/mol. The Bertz CT molecular complexity index is 1070. The molecule has 0 unspecified atom stereocenters. The van der Waals surface area contributed by atoms with Crippen LogP contribution in [0.15, 0.2) is 60.8 Å². The molecule has 1 amide bonds. The van der Waals surface area contributed by atoms with Crippen molar-refractivity contribution in [3.63, 3.8) is 0 Å². The van der Waals surface area contributed by atoms with E-state index in [-0.39, 0.29) is 11.7 Å². The molecule has 0 spiro atoms. The SMILES string of the molecule is Cc1ccccc1N1CCN(C(=O)c2c(C#N)ccn2-c2ccc(F)cc2)CC1. The van der Waals surface area contributed by atoms with Crippen molar-refractivity contribution in [2.45, 2.75) is 6.92 Å². The van der Waals surface area contributed by atoms with Gasteiger partial charge in [-0.25, -0.2) is 4.39 Å². The first-order valence-electron chi connectivity index (χ1n) is 9.55. The van der Waals surface area contributed by atoms with E-state index in [9.17, 15) is 14.4 Å². The number of aromatic nitrogens is 1. The topological polar surface area (TPSA) is 52.3 Å². The summed E-state index contributed by atoms with van der Waals surface area (Å²) in [6, 6.07) is 17.8. The Morgan fingerprint density at radius 2 is 1.69 bits per heavy atom. The van der Waals surface area contributed by atoms with Crippen LogP contribution in [0.4, 0.5) is 10.1 Å². The van der Waals surface area contributed by atoms with Crippen molar-refractivity contribution >= 4 is 11.6 Å². The van der Waals surface area contributed by atoms with Gasteiger partial charge in [0.1, 0.15) is 17.6 Å². The van der Waals surface area contributed by atoms with Gasteiger partial charge in [0, 0.05) is 43.8 Å². The average Bonchev–Trinajstić information content (AvgIpc) is 3.18. The average molecular weight is 388 g/mol. The monoisotopic (exact) mass is 388 g/mol. The predicted molar refractivity (Wildman–Crippen MR) is 110 cm³/mol. The van der Waals surface area contributed by atoms with Crippen LogP contribution in [0.2, 0.25) is 0 Å². The fourth-order valence-corrected chi connectivity index (χ4v) is 3.78. The number of carbonyl (C=O) groups is 1. The first-order chi connectivity index (χ1) is 14.1. The Balaban J connectivity index is 1.56. The molecule has 29 heavy (non-hydrogen) atoms. The molecule has 0 bridgehead atoms. The van der Waals surface area contributed by atoms with Gasteiger partial charge in [0.15, 0.2) is 0 Å². The van der Waals surface area contributed by atoms with Crippen molar-refractivity contribution in [3.05, 3.63) is 83.4 Å². The number of aryl methyl sites for hydroxylation is 1. The summed E-state index contributed by atoms with van der Waals surface area (Å²) in [4.78, 5) is 17.3. The number of anilines is 1. The summed E-state index contributed by atoms with van der Waals surface area (Å²) in [5, 5.41) is 9.49. The molecule has 2 heterocycles. The number of piperazine rings is 1. The predicted octanol–water partition coefficient (Wildman–Crippen LogP) is 3.76. The maximum absolute atomic E-state index is 13.3. The lowest BCUT2D eigenvalue weighted by atomic mass is 10.1. The molecule has 0 atom stereocenters. The van der Waals surface area contributed by atoms with E-state index in [4.69, 9.17) is 0 Å². The zero-order chi connectivity index (χ0) is 20.4. The Morgan fingerprint density at radius 3 is 2.34 bits per heavy atom. The maximum atomic E-state index is 13.3. The molecule has 4 rings (SSSR count). The first kappa shape index (κ1) is 18.8. The van der Waals surface area contributed by atoms with E-state index in [1.54, 1.807) is 33.9 Å². The molecule has 6 heteroatoms. The second-order valence-corrected chi connectivity index (χ2v) is 7.10. The summed E-state index contributed by atoms with van der Waals surface area (Å²) in [5.74, 6) is -0.526. The molecule has 0 saturated carbocycles. The number of nitriles is 1. The van der Waals surface area contributed by atoms with Crippen molar-refractivity contribution in [1.82, 2.24) is 9.47 Å². The Morgan fingerprint density at radius 1 is 1.00 bits per heavy atom. The fourth-order valence-electron chi connectivity index (χ4n) is 3.78. The van der Waals surface area contributed by atoms with Gasteiger partial charge in [-0.15, -0.1) is 0 Å². The van der Waals surface area contributed by atoms with Gasteiger partial charge >= 0.3 is 0 Å². The zero-order valence-electron chi connectivity index (χ0n) is 16.2. The van der Waals surface area contributed by atoms with Crippen LogP contribution in [-0.2, 0) is 0 Å². The van der Waals surface area contributed by atoms with Crippen LogP contribution >= 0.6 is 0 Å². The summed E-state index contributed by atoms with van der Waals surface area (Å²) >= 11 is 0. The molecular formula is C23H21FN4O. The molecule has 1 aromatic heterocycles. The number of nitrogens with zero attached hydrogens (tertiary/aromatic N) is 4. The van der Waals surface area contributed by atoms with Gasteiger partial charge in [-0.05, 0) is 48.9 Å². The van der Waals surface area contributed by atoms with E-state index in [0.29, 0.717) is 30.0 Å². The second kappa shape index (κ2) is 7.80. The number of rotatable bonds is 3. The third-order valence-corrected chi connectivity index (χ3v) is 5.34. The smallest absolute Gasteiger partial charge is 0.272 e. The maximum Gasteiger partial charge on any atom is 0.272 e. The zero-order valence-corrected chi connectivity index (χ0v) is 16.2. The van der Waals surface area contributed by atoms with E-state index in [2.05, 4.69) is 30.0 Å². The van der Waals surface area contributed by atoms with Gasteiger partial charge in [0.05, 0.1) is 5.56 Å². The molecule has 1 fully saturated rings. The van der Waals surface area contributed by atoms with E-state index >= 15 is 0 Å². The van der Waals surface area contributed by atoms with Crippen LogP contribution in [0.1, 0.15) is 21.6 Å². The molecule has 0 radical (unpaired) electrons. The Hall–Kier alpha value is -3.59. The number of benzene rings is 2. The van der Waals surface area contributed by atoms with Crippen LogP contribution < -0.4 is 4.90 Å². The summed E-state index contributed by atoms with van der Waals surface area (Å²) in [6.45, 7) is 4.70. The molecule has 1 aliphatic heterocycles. The lowest BCUT2D eigenvalue weighted by molar-refractivity contribution is 0.0738. The molecule has 1 aliphatic rings. The summed E-state index contributed by atoms with van der Waals surface area (Å²) in [7, 11) is 0. The van der Waals surface area contributed by atoms with E-state index in [1.165, 1.54) is 23.4 Å². The minimum absolute atomic E-state index is 0.180.